The van der Waals surface area contributed by atoms with E-state index in [0.29, 0.717) is 23.7 Å². The zero-order valence-electron chi connectivity index (χ0n) is 15.1. The Morgan fingerprint density at radius 1 is 1.23 bits per heavy atom. The predicted octanol–water partition coefficient (Wildman–Crippen LogP) is 0.319. The summed E-state index contributed by atoms with van der Waals surface area (Å²) in [6.07, 6.45) is -5.41. The fourth-order valence-corrected chi connectivity index (χ4v) is 5.48. The minimum absolute atomic E-state index is 0.0536. The maximum Gasteiger partial charge on any atom is 0.493 e. The second kappa shape index (κ2) is 6.23. The Morgan fingerprint density at radius 3 is 2.53 bits per heavy atom. The molecule has 13 heteroatoms. The van der Waals surface area contributed by atoms with Gasteiger partial charge in [-0.05, 0) is 17.9 Å². The van der Waals surface area contributed by atoms with Gasteiger partial charge in [0.25, 0.3) is 5.56 Å². The maximum absolute atomic E-state index is 15.1. The summed E-state index contributed by atoms with van der Waals surface area (Å²) in [6, 6.07) is 0.961. The zero-order chi connectivity index (χ0) is 21.5. The van der Waals surface area contributed by atoms with Crippen LogP contribution in [-0.2, 0) is 11.3 Å². The molecule has 3 heterocycles. The van der Waals surface area contributed by atoms with E-state index in [0.717, 1.165) is 10.6 Å². The number of nitrogens with two attached hydrogens (primary N) is 1. The number of thioether (sulfide) groups is 1. The molecule has 8 nitrogen and oxygen atoms in total. The van der Waals surface area contributed by atoms with Crippen LogP contribution in [0.1, 0.15) is 0 Å². The van der Waals surface area contributed by atoms with Crippen LogP contribution in [0.5, 0.6) is 0 Å². The highest BCUT2D eigenvalue weighted by Crippen LogP contribution is 2.49. The van der Waals surface area contributed by atoms with E-state index in [1.54, 1.807) is 0 Å². The number of carbonyl (C=O) groups is 1. The van der Waals surface area contributed by atoms with Gasteiger partial charge in [-0.3, -0.25) is 9.36 Å². The normalized spacial score (nSPS) is 24.8. The first-order valence-electron chi connectivity index (χ1n) is 9.04. The van der Waals surface area contributed by atoms with Gasteiger partial charge in [0.2, 0.25) is 0 Å². The molecule has 160 valence electrons. The number of hydrogen-bond acceptors (Lipinski definition) is 7. The summed E-state index contributed by atoms with van der Waals surface area (Å²) < 4.78 is 53.5. The molecule has 1 saturated heterocycles. The second-order valence-electron chi connectivity index (χ2n) is 7.50. The molecule has 0 spiro atoms. The summed E-state index contributed by atoms with van der Waals surface area (Å²) in [7, 11) is 0. The van der Waals surface area contributed by atoms with Crippen molar-refractivity contribution in [3.05, 3.63) is 32.7 Å². The lowest BCUT2D eigenvalue weighted by Gasteiger charge is -2.28. The molecule has 1 aliphatic carbocycles. The number of hydrogen-bond donors (Lipinski definition) is 1. The number of fused-ring (bicyclic) bond motifs is 1. The van der Waals surface area contributed by atoms with E-state index in [1.807, 2.05) is 4.90 Å². The topological polar surface area (TPSA) is 99.6 Å². The third-order valence-electron chi connectivity index (χ3n) is 5.82. The van der Waals surface area contributed by atoms with Crippen molar-refractivity contribution in [2.45, 2.75) is 23.7 Å². The van der Waals surface area contributed by atoms with Crippen LogP contribution in [0.15, 0.2) is 20.6 Å². The fourth-order valence-electron chi connectivity index (χ4n) is 4.29. The van der Waals surface area contributed by atoms with E-state index in [9.17, 15) is 27.6 Å². The maximum atomic E-state index is 15.1. The minimum atomic E-state index is -5.41. The molecule has 1 saturated carbocycles. The number of carbonyl (C=O) groups excluding carboxylic acids is 1. The molecular formula is C17H14F4N4O4S. The first-order chi connectivity index (χ1) is 14.1. The number of anilines is 1. The van der Waals surface area contributed by atoms with Gasteiger partial charge in [-0.25, -0.2) is 14.0 Å². The molecule has 5 rings (SSSR count). The highest BCUT2D eigenvalue weighted by Gasteiger charge is 2.54. The average molecular weight is 446 g/mol. The molecule has 30 heavy (non-hydrogen) atoms. The largest absolute Gasteiger partial charge is 0.493 e. The van der Waals surface area contributed by atoms with Crippen LogP contribution < -0.4 is 26.7 Å². The number of rotatable bonds is 2. The molecule has 0 unspecified atom stereocenters. The Balaban J connectivity index is 1.69. The number of halogens is 4. The summed E-state index contributed by atoms with van der Waals surface area (Å²) in [5.41, 5.74) is 3.76. The number of piperidine rings is 1. The second-order valence-corrected chi connectivity index (χ2v) is 8.61. The first kappa shape index (κ1) is 19.4. The number of benzene rings is 1. The number of alkyl halides is 3. The zero-order valence-corrected chi connectivity index (χ0v) is 15.9. The van der Waals surface area contributed by atoms with Crippen molar-refractivity contribution < 1.29 is 27.2 Å². The number of nitrogens with zero attached hydrogens (tertiary/aromatic N) is 3. The molecule has 2 aromatic rings. The van der Waals surface area contributed by atoms with Crippen LogP contribution in [-0.4, -0.2) is 46.3 Å². The Hall–Kier alpha value is -2.54. The van der Waals surface area contributed by atoms with Crippen LogP contribution in [0, 0.1) is 17.7 Å². The van der Waals surface area contributed by atoms with Crippen molar-refractivity contribution in [3.8, 4) is 0 Å². The summed E-state index contributed by atoms with van der Waals surface area (Å²) in [6.45, 7) is 1.15. The standard InChI is InChI=1S/C17H14F4N4O4S/c18-9-3-6-11-13(12(9)23-4-7-8(5-23)10(7)22)30-2-1-24(11)16(28)25(14(6)26)29-15(27)17(19,20)21/h3,7-8,10H,1-2,4-5,22H2/t7-,8+,10+. The van der Waals surface area contributed by atoms with Crippen LogP contribution in [0.2, 0.25) is 0 Å². The van der Waals surface area contributed by atoms with E-state index < -0.39 is 29.2 Å². The van der Waals surface area contributed by atoms with E-state index in [2.05, 4.69) is 4.84 Å². The van der Waals surface area contributed by atoms with Crippen LogP contribution in [0.3, 0.4) is 0 Å². The van der Waals surface area contributed by atoms with Crippen molar-refractivity contribution in [2.75, 3.05) is 23.7 Å². The van der Waals surface area contributed by atoms with Gasteiger partial charge in [0, 0.05) is 31.4 Å². The number of aryl methyl sites for hydroxylation is 1. The Kier molecular flexibility index (Phi) is 4.04. The highest BCUT2D eigenvalue weighted by molar-refractivity contribution is 7.99. The van der Waals surface area contributed by atoms with Crippen LogP contribution >= 0.6 is 11.8 Å². The Labute approximate surface area is 169 Å². The van der Waals surface area contributed by atoms with Gasteiger partial charge in [-0.2, -0.15) is 13.2 Å². The molecule has 0 radical (unpaired) electrons. The van der Waals surface area contributed by atoms with Crippen molar-refractivity contribution in [3.63, 3.8) is 0 Å². The molecule has 3 atom stereocenters. The lowest BCUT2D eigenvalue weighted by molar-refractivity contribution is -0.200. The Morgan fingerprint density at radius 2 is 1.90 bits per heavy atom. The average Bonchev–Trinajstić information content (AvgIpc) is 3.09. The summed E-state index contributed by atoms with van der Waals surface area (Å²) >= 11 is 1.26. The van der Waals surface area contributed by atoms with Gasteiger partial charge in [-0.15, -0.1) is 11.8 Å². The van der Waals surface area contributed by atoms with E-state index >= 15 is 4.39 Å². The lowest BCUT2D eigenvalue weighted by Crippen LogP contribution is -2.49. The fraction of sp³-hybridized carbons (Fsp3) is 0.471. The van der Waals surface area contributed by atoms with E-state index in [1.165, 1.54) is 11.8 Å². The summed E-state index contributed by atoms with van der Waals surface area (Å²) in [5, 5.41) is -0.339. The van der Waals surface area contributed by atoms with E-state index in [4.69, 9.17) is 5.73 Å². The molecular weight excluding hydrogens is 432 g/mol. The van der Waals surface area contributed by atoms with Crippen molar-refractivity contribution in [1.82, 2.24) is 9.30 Å². The molecule has 3 aliphatic rings. The lowest BCUT2D eigenvalue weighted by atomic mass is 10.1. The monoisotopic (exact) mass is 446 g/mol. The number of aromatic nitrogens is 2. The quantitative estimate of drug-likeness (QED) is 0.664. The van der Waals surface area contributed by atoms with E-state index in [-0.39, 0.29) is 45.7 Å². The smallest absolute Gasteiger partial charge is 0.367 e. The molecule has 0 bridgehead atoms. The SMILES string of the molecule is N[C@@H]1[C@H]2CN(c3c(F)cc4c(=O)n(OC(=O)C(F)(F)F)c(=O)n5c4c3SCC5)C[C@@H]12. The van der Waals surface area contributed by atoms with Gasteiger partial charge in [0.1, 0.15) is 5.82 Å². The molecule has 2 N–H and O–H groups in total. The predicted molar refractivity (Wildman–Crippen MR) is 98.0 cm³/mol. The van der Waals surface area contributed by atoms with Gasteiger partial charge in [-0.1, -0.05) is 4.73 Å². The third-order valence-corrected chi connectivity index (χ3v) is 6.88. The molecule has 1 aromatic heterocycles. The molecule has 2 fully saturated rings. The van der Waals surface area contributed by atoms with Gasteiger partial charge < -0.3 is 15.5 Å². The minimum Gasteiger partial charge on any atom is -0.367 e. The van der Waals surface area contributed by atoms with Crippen LogP contribution in [0.4, 0.5) is 23.2 Å². The van der Waals surface area contributed by atoms with Crippen molar-refractivity contribution in [1.29, 1.82) is 0 Å². The Bertz CT molecular complexity index is 1210. The van der Waals surface area contributed by atoms with Crippen molar-refractivity contribution >= 4 is 34.3 Å². The van der Waals surface area contributed by atoms with Gasteiger partial charge in [0.15, 0.2) is 0 Å². The molecule has 0 amide bonds. The summed E-state index contributed by atoms with van der Waals surface area (Å²) in [4.78, 5) is 42.7. The molecule has 2 aliphatic heterocycles. The highest BCUT2D eigenvalue weighted by atomic mass is 32.2. The third kappa shape index (κ3) is 2.68. The summed E-state index contributed by atoms with van der Waals surface area (Å²) in [5.74, 6) is -2.61. The van der Waals surface area contributed by atoms with Crippen molar-refractivity contribution in [2.24, 2.45) is 17.6 Å². The first-order valence-corrected chi connectivity index (χ1v) is 10.0. The van der Waals surface area contributed by atoms with Gasteiger partial charge >= 0.3 is 17.8 Å². The van der Waals surface area contributed by atoms with Crippen LogP contribution in [0.25, 0.3) is 10.9 Å². The molecule has 1 aromatic carbocycles. The van der Waals surface area contributed by atoms with Gasteiger partial charge in [0.05, 0.1) is 21.5 Å².